The molecule has 0 radical (unpaired) electrons. The highest BCUT2D eigenvalue weighted by Gasteiger charge is 2.14. The van der Waals surface area contributed by atoms with Crippen molar-refractivity contribution < 1.29 is 4.79 Å². The Morgan fingerprint density at radius 3 is 2.61 bits per heavy atom. The average molecular weight is 266 g/mol. The van der Waals surface area contributed by atoms with Crippen LogP contribution in [0.4, 0.5) is 0 Å². The van der Waals surface area contributed by atoms with Gasteiger partial charge in [-0.05, 0) is 19.8 Å². The van der Waals surface area contributed by atoms with Gasteiger partial charge in [-0.2, -0.15) is 0 Å². The van der Waals surface area contributed by atoms with E-state index in [2.05, 4.69) is 10.3 Å². The first-order valence-electron chi connectivity index (χ1n) is 6.94. The van der Waals surface area contributed by atoms with Crippen molar-refractivity contribution in [3.8, 4) is 0 Å². The topological polar surface area (TPSA) is 42.0 Å². The number of aryl methyl sites for hydroxylation is 1. The van der Waals surface area contributed by atoms with Crippen molar-refractivity contribution in [1.29, 1.82) is 0 Å². The quantitative estimate of drug-likeness (QED) is 0.912. The lowest BCUT2D eigenvalue weighted by molar-refractivity contribution is -0.121. The minimum atomic E-state index is 0.130. The predicted molar refractivity (Wildman–Crippen MR) is 74.8 cm³/mol. The van der Waals surface area contributed by atoms with E-state index in [-0.39, 0.29) is 5.91 Å². The molecule has 1 aromatic rings. The molecule has 18 heavy (non-hydrogen) atoms. The minimum absolute atomic E-state index is 0.130. The van der Waals surface area contributed by atoms with E-state index >= 15 is 0 Å². The summed E-state index contributed by atoms with van der Waals surface area (Å²) in [5, 5.41) is 6.18. The Balaban J connectivity index is 1.78. The summed E-state index contributed by atoms with van der Waals surface area (Å²) in [5.41, 5.74) is 0.904. The molecule has 0 aromatic carbocycles. The zero-order chi connectivity index (χ0) is 12.8. The summed E-state index contributed by atoms with van der Waals surface area (Å²) < 4.78 is 0. The first kappa shape index (κ1) is 13.5. The summed E-state index contributed by atoms with van der Waals surface area (Å²) in [4.78, 5) is 16.3. The van der Waals surface area contributed by atoms with Gasteiger partial charge in [-0.3, -0.25) is 4.79 Å². The van der Waals surface area contributed by atoms with Gasteiger partial charge in [0.1, 0.15) is 0 Å². The summed E-state index contributed by atoms with van der Waals surface area (Å²) in [6.45, 7) is 1.97. The van der Waals surface area contributed by atoms with Gasteiger partial charge in [-0.25, -0.2) is 4.98 Å². The lowest BCUT2D eigenvalue weighted by Crippen LogP contribution is -2.36. The zero-order valence-corrected chi connectivity index (χ0v) is 11.9. The second kappa shape index (κ2) is 6.88. The molecule has 1 aliphatic carbocycles. The molecule has 3 nitrogen and oxygen atoms in total. The number of carbonyl (C=O) groups is 1. The molecule has 1 N–H and O–H groups in total. The molecule has 0 saturated heterocycles. The first-order chi connectivity index (χ1) is 8.74. The van der Waals surface area contributed by atoms with E-state index < -0.39 is 0 Å². The Hall–Kier alpha value is -0.900. The van der Waals surface area contributed by atoms with Crippen LogP contribution in [0.2, 0.25) is 0 Å². The van der Waals surface area contributed by atoms with E-state index in [9.17, 15) is 4.79 Å². The summed E-state index contributed by atoms with van der Waals surface area (Å²) >= 11 is 1.61. The standard InChI is InChI=1S/C14H22N2OS/c1-11-15-13(10-18-11)9-14(17)16-12-7-5-3-2-4-6-8-12/h10,12H,2-9H2,1H3,(H,16,17). The van der Waals surface area contributed by atoms with Gasteiger partial charge in [0.2, 0.25) is 5.91 Å². The molecule has 100 valence electrons. The van der Waals surface area contributed by atoms with Gasteiger partial charge in [0.05, 0.1) is 17.1 Å². The maximum absolute atomic E-state index is 11.9. The van der Waals surface area contributed by atoms with Crippen molar-refractivity contribution in [3.05, 3.63) is 16.1 Å². The van der Waals surface area contributed by atoms with Gasteiger partial charge < -0.3 is 5.32 Å². The van der Waals surface area contributed by atoms with Crippen molar-refractivity contribution in [2.75, 3.05) is 0 Å². The smallest absolute Gasteiger partial charge is 0.226 e. The van der Waals surface area contributed by atoms with E-state index in [1.54, 1.807) is 11.3 Å². The number of hydrogen-bond donors (Lipinski definition) is 1. The van der Waals surface area contributed by atoms with Crippen molar-refractivity contribution in [3.63, 3.8) is 0 Å². The van der Waals surface area contributed by atoms with Crippen LogP contribution in [-0.4, -0.2) is 16.9 Å². The lowest BCUT2D eigenvalue weighted by Gasteiger charge is -2.20. The molecule has 1 heterocycles. The Bertz CT molecular complexity index is 381. The summed E-state index contributed by atoms with van der Waals surface area (Å²) in [6.07, 6.45) is 9.21. The van der Waals surface area contributed by atoms with Crippen molar-refractivity contribution in [2.24, 2.45) is 0 Å². The van der Waals surface area contributed by atoms with Gasteiger partial charge in [0, 0.05) is 11.4 Å². The maximum atomic E-state index is 11.9. The van der Waals surface area contributed by atoms with Crippen LogP contribution in [0.5, 0.6) is 0 Å². The molecule has 1 aromatic heterocycles. The first-order valence-corrected chi connectivity index (χ1v) is 7.82. The Morgan fingerprint density at radius 1 is 1.33 bits per heavy atom. The third kappa shape index (κ3) is 4.41. The second-order valence-corrected chi connectivity index (χ2v) is 6.21. The van der Waals surface area contributed by atoms with Crippen molar-refractivity contribution in [1.82, 2.24) is 10.3 Å². The van der Waals surface area contributed by atoms with E-state index in [1.165, 1.54) is 32.1 Å². The summed E-state index contributed by atoms with van der Waals surface area (Å²) in [6, 6.07) is 0.387. The lowest BCUT2D eigenvalue weighted by atomic mass is 9.96. The van der Waals surface area contributed by atoms with Crippen LogP contribution < -0.4 is 5.32 Å². The van der Waals surface area contributed by atoms with Crippen LogP contribution in [0.1, 0.15) is 55.6 Å². The summed E-state index contributed by atoms with van der Waals surface area (Å²) in [5.74, 6) is 0.130. The number of hydrogen-bond acceptors (Lipinski definition) is 3. The largest absolute Gasteiger partial charge is 0.353 e. The number of aromatic nitrogens is 1. The van der Waals surface area contributed by atoms with E-state index in [4.69, 9.17) is 0 Å². The highest BCUT2D eigenvalue weighted by atomic mass is 32.1. The number of carbonyl (C=O) groups excluding carboxylic acids is 1. The number of amides is 1. The molecule has 1 aliphatic rings. The van der Waals surface area contributed by atoms with Gasteiger partial charge in [0.25, 0.3) is 0 Å². The fourth-order valence-electron chi connectivity index (χ4n) is 2.53. The molecule has 1 saturated carbocycles. The highest BCUT2D eigenvalue weighted by molar-refractivity contribution is 7.09. The molecule has 1 fully saturated rings. The number of nitrogens with zero attached hydrogens (tertiary/aromatic N) is 1. The van der Waals surface area contributed by atoms with Crippen LogP contribution >= 0.6 is 11.3 Å². The molecule has 0 aliphatic heterocycles. The van der Waals surface area contributed by atoms with Gasteiger partial charge in [-0.1, -0.05) is 32.1 Å². The van der Waals surface area contributed by atoms with Gasteiger partial charge in [0.15, 0.2) is 0 Å². The van der Waals surface area contributed by atoms with Gasteiger partial charge >= 0.3 is 0 Å². The van der Waals surface area contributed by atoms with Crippen molar-refractivity contribution in [2.45, 2.75) is 64.3 Å². The second-order valence-electron chi connectivity index (χ2n) is 5.14. The third-order valence-electron chi connectivity index (χ3n) is 3.48. The molecule has 0 spiro atoms. The minimum Gasteiger partial charge on any atom is -0.353 e. The Morgan fingerprint density at radius 2 is 2.00 bits per heavy atom. The Kier molecular flexibility index (Phi) is 5.17. The maximum Gasteiger partial charge on any atom is 0.226 e. The highest BCUT2D eigenvalue weighted by Crippen LogP contribution is 2.17. The zero-order valence-electron chi connectivity index (χ0n) is 11.1. The number of rotatable bonds is 3. The van der Waals surface area contributed by atoms with Crippen molar-refractivity contribution >= 4 is 17.2 Å². The van der Waals surface area contributed by atoms with E-state index in [0.717, 1.165) is 23.5 Å². The van der Waals surface area contributed by atoms with Crippen LogP contribution in [0, 0.1) is 6.92 Å². The third-order valence-corrected chi connectivity index (χ3v) is 4.30. The van der Waals surface area contributed by atoms with E-state index in [0.29, 0.717) is 12.5 Å². The fourth-order valence-corrected chi connectivity index (χ4v) is 3.15. The monoisotopic (exact) mass is 266 g/mol. The Labute approximate surface area is 113 Å². The van der Waals surface area contributed by atoms with Crippen LogP contribution in [0.25, 0.3) is 0 Å². The molecule has 0 bridgehead atoms. The molecular formula is C14H22N2OS. The van der Waals surface area contributed by atoms with Gasteiger partial charge in [-0.15, -0.1) is 11.3 Å². The molecule has 1 amide bonds. The number of thiazole rings is 1. The van der Waals surface area contributed by atoms with Crippen LogP contribution in [0.3, 0.4) is 0 Å². The van der Waals surface area contributed by atoms with Crippen LogP contribution in [-0.2, 0) is 11.2 Å². The fraction of sp³-hybridized carbons (Fsp3) is 0.714. The molecule has 0 unspecified atom stereocenters. The molecular weight excluding hydrogens is 244 g/mol. The van der Waals surface area contributed by atoms with E-state index in [1.807, 2.05) is 12.3 Å². The normalized spacial score (nSPS) is 18.1. The number of nitrogens with one attached hydrogen (secondary N) is 1. The predicted octanol–water partition coefficient (Wildman–Crippen LogP) is 3.22. The summed E-state index contributed by atoms with van der Waals surface area (Å²) in [7, 11) is 0. The average Bonchev–Trinajstić information content (AvgIpc) is 2.67. The molecule has 0 atom stereocenters. The molecule has 2 rings (SSSR count). The SMILES string of the molecule is Cc1nc(CC(=O)NC2CCCCCCC2)cs1. The molecule has 4 heteroatoms. The van der Waals surface area contributed by atoms with Crippen LogP contribution in [0.15, 0.2) is 5.38 Å².